The smallest absolute Gasteiger partial charge is 0.360 e. The standard InChI is InChI=1S/C15H16N4O6S2/c1-7-11(10(6-26-7)13(20)21)27(24,25)17-14(22)19-15(23)18(9-4-5-9)12(16-19)8-2-3-8/h6,8-9H,2-5H2,1H3,(H,17,22)(H,20,21). The van der Waals surface area contributed by atoms with E-state index in [1.807, 2.05) is 0 Å². The number of nitrogens with zero attached hydrogens (tertiary/aromatic N) is 3. The first-order chi connectivity index (χ1) is 12.7. The molecule has 0 bridgehead atoms. The zero-order valence-electron chi connectivity index (χ0n) is 14.2. The van der Waals surface area contributed by atoms with Crippen molar-refractivity contribution in [2.75, 3.05) is 0 Å². The first kappa shape index (κ1) is 17.9. The Morgan fingerprint density at radius 1 is 1.30 bits per heavy atom. The fraction of sp³-hybridized carbons (Fsp3) is 0.467. The van der Waals surface area contributed by atoms with E-state index < -0.39 is 38.2 Å². The molecule has 2 aliphatic rings. The van der Waals surface area contributed by atoms with Crippen molar-refractivity contribution >= 4 is 33.4 Å². The van der Waals surface area contributed by atoms with E-state index in [1.54, 1.807) is 4.72 Å². The Bertz CT molecular complexity index is 1120. The highest BCUT2D eigenvalue weighted by Gasteiger charge is 2.38. The molecule has 2 aliphatic carbocycles. The van der Waals surface area contributed by atoms with Crippen molar-refractivity contribution in [1.29, 1.82) is 0 Å². The summed E-state index contributed by atoms with van der Waals surface area (Å²) in [6.45, 7) is 1.44. The first-order valence-electron chi connectivity index (χ1n) is 8.30. The molecule has 0 unspecified atom stereocenters. The highest BCUT2D eigenvalue weighted by Crippen LogP contribution is 2.43. The zero-order valence-corrected chi connectivity index (χ0v) is 15.8. The number of carboxylic acid groups (broad SMARTS) is 1. The molecule has 0 aromatic carbocycles. The van der Waals surface area contributed by atoms with Crippen LogP contribution in [0.25, 0.3) is 0 Å². The van der Waals surface area contributed by atoms with E-state index in [0.29, 0.717) is 10.5 Å². The average molecular weight is 412 g/mol. The summed E-state index contributed by atoms with van der Waals surface area (Å²) in [6, 6.07) is -1.22. The Kier molecular flexibility index (Phi) is 4.00. The van der Waals surface area contributed by atoms with Crippen molar-refractivity contribution in [1.82, 2.24) is 19.1 Å². The number of carbonyl (C=O) groups is 2. The highest BCUT2D eigenvalue weighted by molar-refractivity contribution is 7.90. The quantitative estimate of drug-likeness (QED) is 0.753. The lowest BCUT2D eigenvalue weighted by molar-refractivity contribution is 0.0693. The summed E-state index contributed by atoms with van der Waals surface area (Å²) in [4.78, 5) is 36.1. The molecule has 0 saturated heterocycles. The van der Waals surface area contributed by atoms with Crippen molar-refractivity contribution in [3.63, 3.8) is 0 Å². The number of hydrogen-bond donors (Lipinski definition) is 2. The summed E-state index contributed by atoms with van der Waals surface area (Å²) in [5.41, 5.74) is -1.10. The molecule has 2 fully saturated rings. The number of carbonyl (C=O) groups excluding carboxylic acids is 1. The zero-order chi connectivity index (χ0) is 19.5. The van der Waals surface area contributed by atoms with Gasteiger partial charge in [0.1, 0.15) is 10.7 Å². The summed E-state index contributed by atoms with van der Waals surface area (Å²) in [6.07, 6.45) is 3.39. The van der Waals surface area contributed by atoms with Crippen LogP contribution < -0.4 is 10.4 Å². The second-order valence-corrected chi connectivity index (χ2v) is 9.38. The molecule has 4 rings (SSSR count). The van der Waals surface area contributed by atoms with Crippen LogP contribution in [0.15, 0.2) is 15.1 Å². The van der Waals surface area contributed by atoms with E-state index in [1.165, 1.54) is 16.9 Å². The molecule has 12 heteroatoms. The fourth-order valence-corrected chi connectivity index (χ4v) is 5.47. The van der Waals surface area contributed by atoms with Crippen LogP contribution in [0.5, 0.6) is 0 Å². The largest absolute Gasteiger partial charge is 0.478 e. The highest BCUT2D eigenvalue weighted by atomic mass is 32.2. The maximum atomic E-state index is 12.6. The van der Waals surface area contributed by atoms with Gasteiger partial charge in [-0.1, -0.05) is 0 Å². The summed E-state index contributed by atoms with van der Waals surface area (Å²) in [7, 11) is -4.48. The van der Waals surface area contributed by atoms with Gasteiger partial charge in [-0.3, -0.25) is 4.57 Å². The van der Waals surface area contributed by atoms with Gasteiger partial charge in [0.25, 0.3) is 10.0 Å². The van der Waals surface area contributed by atoms with E-state index in [4.69, 9.17) is 0 Å². The molecule has 1 amide bonds. The Labute approximate surface area is 157 Å². The van der Waals surface area contributed by atoms with Crippen LogP contribution in [0.4, 0.5) is 4.79 Å². The normalized spacial score (nSPS) is 17.1. The van der Waals surface area contributed by atoms with Crippen molar-refractivity contribution in [3.05, 3.63) is 32.1 Å². The maximum absolute atomic E-state index is 12.6. The molecule has 27 heavy (non-hydrogen) atoms. The van der Waals surface area contributed by atoms with Gasteiger partial charge in [0.05, 0.1) is 5.56 Å². The summed E-state index contributed by atoms with van der Waals surface area (Å²) in [5.74, 6) is -0.798. The molecule has 0 atom stereocenters. The van der Waals surface area contributed by atoms with Gasteiger partial charge in [-0.25, -0.2) is 27.5 Å². The molecule has 2 heterocycles. The molecule has 0 spiro atoms. The molecule has 2 aromatic heterocycles. The molecule has 144 valence electrons. The lowest BCUT2D eigenvalue weighted by Crippen LogP contribution is -2.41. The second-order valence-electron chi connectivity index (χ2n) is 6.68. The van der Waals surface area contributed by atoms with Crippen molar-refractivity contribution < 1.29 is 23.1 Å². The van der Waals surface area contributed by atoms with Crippen LogP contribution in [-0.2, 0) is 10.0 Å². The molecule has 2 N–H and O–H groups in total. The number of aromatic carboxylic acids is 1. The third-order valence-electron chi connectivity index (χ3n) is 4.52. The minimum absolute atomic E-state index is 0.00369. The van der Waals surface area contributed by atoms with Gasteiger partial charge in [0.15, 0.2) is 0 Å². The number of rotatable bonds is 5. The Hall–Kier alpha value is -2.47. The van der Waals surface area contributed by atoms with Crippen molar-refractivity contribution in [2.24, 2.45) is 0 Å². The van der Waals surface area contributed by atoms with Gasteiger partial charge in [0.2, 0.25) is 0 Å². The SMILES string of the molecule is Cc1scc(C(=O)O)c1S(=O)(=O)NC(=O)n1nc(C2CC2)n(C2CC2)c1=O. The summed E-state index contributed by atoms with van der Waals surface area (Å²) >= 11 is 0.944. The summed E-state index contributed by atoms with van der Waals surface area (Å²) < 4.78 is 28.9. The van der Waals surface area contributed by atoms with E-state index in [2.05, 4.69) is 5.10 Å². The lowest BCUT2D eigenvalue weighted by Gasteiger charge is -2.07. The van der Waals surface area contributed by atoms with E-state index >= 15 is 0 Å². The second kappa shape index (κ2) is 6.02. The van der Waals surface area contributed by atoms with E-state index in [0.717, 1.165) is 37.0 Å². The van der Waals surface area contributed by atoms with Crippen LogP contribution in [0.3, 0.4) is 0 Å². The van der Waals surface area contributed by atoms with Gasteiger partial charge >= 0.3 is 17.7 Å². The molecular weight excluding hydrogens is 396 g/mol. The molecular formula is C15H16N4O6S2. The molecule has 0 aliphatic heterocycles. The summed E-state index contributed by atoms with van der Waals surface area (Å²) in [5, 5.41) is 14.4. The van der Waals surface area contributed by atoms with E-state index in [9.17, 15) is 27.9 Å². The van der Waals surface area contributed by atoms with E-state index in [-0.39, 0.29) is 16.8 Å². The molecule has 0 radical (unpaired) electrons. The van der Waals surface area contributed by atoms with Gasteiger partial charge in [-0.15, -0.1) is 21.1 Å². The Morgan fingerprint density at radius 2 is 1.96 bits per heavy atom. The molecule has 10 nitrogen and oxygen atoms in total. The van der Waals surface area contributed by atoms with Crippen molar-refractivity contribution in [2.45, 2.75) is 49.5 Å². The average Bonchev–Trinajstić information content (AvgIpc) is 3.49. The number of thiophene rings is 1. The third kappa shape index (κ3) is 3.08. The minimum Gasteiger partial charge on any atom is -0.478 e. The monoisotopic (exact) mass is 412 g/mol. The fourth-order valence-electron chi connectivity index (χ4n) is 2.96. The number of nitrogens with one attached hydrogen (secondary N) is 1. The molecule has 2 aromatic rings. The third-order valence-corrected chi connectivity index (χ3v) is 7.07. The van der Waals surface area contributed by atoms with Gasteiger partial charge < -0.3 is 5.11 Å². The van der Waals surface area contributed by atoms with Crippen LogP contribution in [-0.4, -0.2) is 39.9 Å². The Morgan fingerprint density at radius 3 is 2.52 bits per heavy atom. The number of hydrogen-bond acceptors (Lipinski definition) is 7. The van der Waals surface area contributed by atoms with Crippen LogP contribution in [0, 0.1) is 6.92 Å². The predicted molar refractivity (Wildman–Crippen MR) is 93.9 cm³/mol. The van der Waals surface area contributed by atoms with Gasteiger partial charge in [-0.2, -0.15) is 0 Å². The Balaban J connectivity index is 1.69. The van der Waals surface area contributed by atoms with Crippen LogP contribution in [0.1, 0.15) is 58.7 Å². The van der Waals surface area contributed by atoms with Crippen molar-refractivity contribution in [3.8, 4) is 0 Å². The maximum Gasteiger partial charge on any atom is 0.360 e. The van der Waals surface area contributed by atoms with Gasteiger partial charge in [-0.05, 0) is 32.6 Å². The number of aryl methyl sites for hydroxylation is 1. The van der Waals surface area contributed by atoms with Gasteiger partial charge in [0, 0.05) is 22.2 Å². The van der Waals surface area contributed by atoms with Crippen LogP contribution in [0.2, 0.25) is 0 Å². The number of sulfonamides is 1. The predicted octanol–water partition coefficient (Wildman–Crippen LogP) is 1.27. The molecule has 2 saturated carbocycles. The number of carboxylic acids is 1. The number of amides is 1. The number of aromatic nitrogens is 3. The minimum atomic E-state index is -4.48. The first-order valence-corrected chi connectivity index (χ1v) is 10.7. The topological polar surface area (TPSA) is 140 Å². The van der Waals surface area contributed by atoms with Crippen LogP contribution >= 0.6 is 11.3 Å². The lowest BCUT2D eigenvalue weighted by atomic mass is 10.3.